The number of aryl methyl sites for hydroxylation is 1. The normalized spacial score (nSPS) is 14.2. The molecule has 138 valence electrons. The van der Waals surface area contributed by atoms with E-state index in [2.05, 4.69) is 5.32 Å². The molecular weight excluding hydrogens is 340 g/mol. The summed E-state index contributed by atoms with van der Waals surface area (Å²) >= 11 is 0. The fourth-order valence-electron chi connectivity index (χ4n) is 2.58. The first-order valence-corrected chi connectivity index (χ1v) is 8.87. The Morgan fingerprint density at radius 1 is 1.00 bits per heavy atom. The molecule has 27 heavy (non-hydrogen) atoms. The highest BCUT2D eigenvalue weighted by Gasteiger charge is 2.25. The van der Waals surface area contributed by atoms with Gasteiger partial charge in [0.1, 0.15) is 0 Å². The van der Waals surface area contributed by atoms with Gasteiger partial charge >= 0.3 is 0 Å². The first kappa shape index (κ1) is 18.6. The maximum absolute atomic E-state index is 12.7. The molecule has 2 amide bonds. The van der Waals surface area contributed by atoms with Crippen LogP contribution in [0.15, 0.2) is 54.6 Å². The number of hydrogen-bond acceptors (Lipinski definition) is 3. The first-order valence-electron chi connectivity index (χ1n) is 8.87. The van der Waals surface area contributed by atoms with E-state index in [9.17, 15) is 9.59 Å². The second-order valence-electron chi connectivity index (χ2n) is 6.65. The molecule has 1 aliphatic carbocycles. The van der Waals surface area contributed by atoms with E-state index in [4.69, 9.17) is 5.21 Å². The molecule has 3 rings (SSSR count). The highest BCUT2D eigenvalue weighted by Crippen LogP contribution is 2.24. The van der Waals surface area contributed by atoms with E-state index in [0.29, 0.717) is 5.57 Å². The Bertz CT molecular complexity index is 877. The lowest BCUT2D eigenvalue weighted by molar-refractivity contribution is -0.124. The van der Waals surface area contributed by atoms with Crippen molar-refractivity contribution in [3.63, 3.8) is 0 Å². The molecule has 0 radical (unpaired) electrons. The van der Waals surface area contributed by atoms with Gasteiger partial charge in [-0.25, -0.2) is 5.48 Å². The minimum absolute atomic E-state index is 0.0649. The van der Waals surface area contributed by atoms with Gasteiger partial charge in [0.2, 0.25) is 0 Å². The number of nitrogens with one attached hydrogen (secondary N) is 2. The number of benzene rings is 2. The van der Waals surface area contributed by atoms with Crippen LogP contribution in [0.2, 0.25) is 0 Å². The van der Waals surface area contributed by atoms with Crippen LogP contribution in [0, 0.1) is 6.92 Å². The average Bonchev–Trinajstić information content (AvgIpc) is 3.50. The number of carbonyl (C=O) groups excluding carboxylic acids is 2. The molecule has 0 spiro atoms. The van der Waals surface area contributed by atoms with Crippen LogP contribution in [0.5, 0.6) is 0 Å². The zero-order chi connectivity index (χ0) is 19.2. The number of hydroxylamine groups is 1. The van der Waals surface area contributed by atoms with Crippen LogP contribution in [0.1, 0.15) is 35.1 Å². The number of rotatable bonds is 6. The molecule has 2 aromatic rings. The highest BCUT2D eigenvalue weighted by atomic mass is 16.5. The van der Waals surface area contributed by atoms with Gasteiger partial charge in [-0.05, 0) is 48.6 Å². The Morgan fingerprint density at radius 2 is 1.63 bits per heavy atom. The Labute approximate surface area is 158 Å². The zero-order valence-electron chi connectivity index (χ0n) is 15.1. The molecule has 2 aromatic carbocycles. The number of amides is 2. The fourth-order valence-corrected chi connectivity index (χ4v) is 2.58. The third-order valence-corrected chi connectivity index (χ3v) is 4.30. The Kier molecular flexibility index (Phi) is 5.84. The molecule has 0 aromatic heterocycles. The summed E-state index contributed by atoms with van der Waals surface area (Å²) in [5, 5.41) is 11.6. The number of hydrogen-bond donors (Lipinski definition) is 3. The molecule has 1 aliphatic rings. The van der Waals surface area contributed by atoms with Crippen molar-refractivity contribution < 1.29 is 14.8 Å². The highest BCUT2D eigenvalue weighted by molar-refractivity contribution is 6.24. The van der Waals surface area contributed by atoms with E-state index in [1.807, 2.05) is 61.5 Å². The van der Waals surface area contributed by atoms with Gasteiger partial charge < -0.3 is 5.32 Å². The van der Waals surface area contributed by atoms with Crippen LogP contribution >= 0.6 is 0 Å². The van der Waals surface area contributed by atoms with Crippen LogP contribution < -0.4 is 10.8 Å². The van der Waals surface area contributed by atoms with Gasteiger partial charge in [0, 0.05) is 17.7 Å². The van der Waals surface area contributed by atoms with Crippen molar-refractivity contribution in [2.24, 2.45) is 0 Å². The fraction of sp³-hybridized carbons (Fsp3) is 0.182. The van der Waals surface area contributed by atoms with Gasteiger partial charge in [0.15, 0.2) is 0 Å². The molecule has 0 heterocycles. The van der Waals surface area contributed by atoms with E-state index in [1.54, 1.807) is 11.6 Å². The summed E-state index contributed by atoms with van der Waals surface area (Å²) in [7, 11) is 0. The monoisotopic (exact) mass is 362 g/mol. The Hall–Kier alpha value is -3.18. The lowest BCUT2D eigenvalue weighted by Gasteiger charge is -2.10. The molecule has 1 fully saturated rings. The summed E-state index contributed by atoms with van der Waals surface area (Å²) in [6.45, 7) is 2.01. The van der Waals surface area contributed by atoms with E-state index in [1.165, 1.54) is 6.08 Å². The number of carbonyl (C=O) groups is 2. The van der Waals surface area contributed by atoms with Gasteiger partial charge in [0.25, 0.3) is 11.8 Å². The van der Waals surface area contributed by atoms with Gasteiger partial charge in [-0.3, -0.25) is 14.8 Å². The standard InChI is InChI=1S/C22H22N2O3/c1-15-2-9-18(10-3-15)20(22(26)23-19-11-12-19)14-17-6-4-16(5-7-17)8-13-21(25)24-27/h2-10,13-14,19,27H,11-12H2,1H3,(H,23,26)(H,24,25). The molecular formula is C22H22N2O3. The Balaban J connectivity index is 1.85. The van der Waals surface area contributed by atoms with Crippen molar-refractivity contribution in [2.45, 2.75) is 25.8 Å². The van der Waals surface area contributed by atoms with E-state index >= 15 is 0 Å². The molecule has 0 aliphatic heterocycles. The topological polar surface area (TPSA) is 78.4 Å². The predicted molar refractivity (Wildman–Crippen MR) is 106 cm³/mol. The van der Waals surface area contributed by atoms with Crippen molar-refractivity contribution in [3.05, 3.63) is 76.9 Å². The van der Waals surface area contributed by atoms with Gasteiger partial charge in [-0.1, -0.05) is 54.1 Å². The summed E-state index contributed by atoms with van der Waals surface area (Å²) < 4.78 is 0. The molecule has 1 saturated carbocycles. The summed E-state index contributed by atoms with van der Waals surface area (Å²) in [5.41, 5.74) is 5.90. The third kappa shape index (κ3) is 5.39. The summed E-state index contributed by atoms with van der Waals surface area (Å²) in [6, 6.07) is 15.6. The molecule has 0 bridgehead atoms. The average molecular weight is 362 g/mol. The van der Waals surface area contributed by atoms with Crippen LogP contribution in [-0.2, 0) is 9.59 Å². The van der Waals surface area contributed by atoms with Crippen molar-refractivity contribution >= 4 is 29.5 Å². The molecule has 0 unspecified atom stereocenters. The lowest BCUT2D eigenvalue weighted by Crippen LogP contribution is -2.26. The lowest BCUT2D eigenvalue weighted by atomic mass is 10.00. The summed E-state index contributed by atoms with van der Waals surface area (Å²) in [6.07, 6.45) is 6.78. The van der Waals surface area contributed by atoms with E-state index in [-0.39, 0.29) is 11.9 Å². The smallest absolute Gasteiger partial charge is 0.267 e. The van der Waals surface area contributed by atoms with Gasteiger partial charge in [-0.15, -0.1) is 0 Å². The van der Waals surface area contributed by atoms with Crippen molar-refractivity contribution in [1.82, 2.24) is 10.8 Å². The molecule has 0 saturated heterocycles. The van der Waals surface area contributed by atoms with E-state index < -0.39 is 5.91 Å². The Morgan fingerprint density at radius 3 is 2.22 bits per heavy atom. The summed E-state index contributed by atoms with van der Waals surface area (Å²) in [4.78, 5) is 23.7. The SMILES string of the molecule is Cc1ccc(C(=Cc2ccc(C=CC(=O)NO)cc2)C(=O)NC2CC2)cc1. The summed E-state index contributed by atoms with van der Waals surface area (Å²) in [5.74, 6) is -0.651. The van der Waals surface area contributed by atoms with Crippen molar-refractivity contribution in [1.29, 1.82) is 0 Å². The van der Waals surface area contributed by atoms with E-state index in [0.717, 1.165) is 35.1 Å². The molecule has 3 N–H and O–H groups in total. The minimum Gasteiger partial charge on any atom is -0.349 e. The maximum atomic E-state index is 12.7. The molecule has 5 heteroatoms. The minimum atomic E-state index is -0.586. The largest absolute Gasteiger partial charge is 0.349 e. The second kappa shape index (κ2) is 8.47. The quantitative estimate of drug-likeness (QED) is 0.319. The molecule has 0 atom stereocenters. The van der Waals surface area contributed by atoms with Crippen molar-refractivity contribution in [2.75, 3.05) is 0 Å². The third-order valence-electron chi connectivity index (χ3n) is 4.30. The van der Waals surface area contributed by atoms with Crippen molar-refractivity contribution in [3.8, 4) is 0 Å². The maximum Gasteiger partial charge on any atom is 0.267 e. The predicted octanol–water partition coefficient (Wildman–Crippen LogP) is 3.33. The van der Waals surface area contributed by atoms with Crippen LogP contribution in [0.4, 0.5) is 0 Å². The van der Waals surface area contributed by atoms with Crippen LogP contribution in [-0.4, -0.2) is 23.1 Å². The van der Waals surface area contributed by atoms with Crippen LogP contribution in [0.25, 0.3) is 17.7 Å². The first-order chi connectivity index (χ1) is 13.0. The van der Waals surface area contributed by atoms with Gasteiger partial charge in [-0.2, -0.15) is 0 Å². The molecule has 5 nitrogen and oxygen atoms in total. The van der Waals surface area contributed by atoms with Crippen LogP contribution in [0.3, 0.4) is 0 Å². The van der Waals surface area contributed by atoms with Gasteiger partial charge in [0.05, 0.1) is 0 Å². The zero-order valence-corrected chi connectivity index (χ0v) is 15.1. The second-order valence-corrected chi connectivity index (χ2v) is 6.65.